The summed E-state index contributed by atoms with van der Waals surface area (Å²) in [5, 5.41) is 0.912. The summed E-state index contributed by atoms with van der Waals surface area (Å²) in [6.07, 6.45) is 2.63. The first-order valence-corrected chi connectivity index (χ1v) is 9.68. The highest BCUT2D eigenvalue weighted by atomic mass is 16.5. The van der Waals surface area contributed by atoms with Crippen LogP contribution in [0.4, 0.5) is 0 Å². The molecular weight excluding hydrogens is 360 g/mol. The minimum absolute atomic E-state index is 0.369. The van der Waals surface area contributed by atoms with Crippen LogP contribution in [-0.4, -0.2) is 0 Å². The molecular formula is C26H22O3. The fraction of sp³-hybridized carbons (Fsp3) is 0.115. The van der Waals surface area contributed by atoms with Gasteiger partial charge in [-0.1, -0.05) is 74.2 Å². The molecule has 0 N–H and O–H groups in total. The van der Waals surface area contributed by atoms with Gasteiger partial charge in [0.2, 0.25) is 0 Å². The van der Waals surface area contributed by atoms with Gasteiger partial charge in [-0.3, -0.25) is 0 Å². The smallest absolute Gasteiger partial charge is 0.336 e. The maximum absolute atomic E-state index is 12.2. The van der Waals surface area contributed by atoms with Crippen LogP contribution in [0, 0.1) is 0 Å². The van der Waals surface area contributed by atoms with Gasteiger partial charge in [-0.2, -0.15) is 0 Å². The lowest BCUT2D eigenvalue weighted by atomic mass is 9.99. The van der Waals surface area contributed by atoms with E-state index in [0.717, 1.165) is 45.4 Å². The van der Waals surface area contributed by atoms with Gasteiger partial charge in [-0.15, -0.1) is 0 Å². The van der Waals surface area contributed by atoms with Crippen molar-refractivity contribution in [3.05, 3.63) is 106 Å². The van der Waals surface area contributed by atoms with E-state index in [9.17, 15) is 4.79 Å². The monoisotopic (exact) mass is 382 g/mol. The van der Waals surface area contributed by atoms with E-state index in [1.807, 2.05) is 66.7 Å². The van der Waals surface area contributed by atoms with E-state index < -0.39 is 0 Å². The maximum atomic E-state index is 12.2. The Morgan fingerprint density at radius 1 is 1.00 bits per heavy atom. The minimum Gasteiger partial charge on any atom is -0.488 e. The zero-order valence-electron chi connectivity index (χ0n) is 16.4. The van der Waals surface area contributed by atoms with Crippen LogP contribution in [0.15, 0.2) is 88.6 Å². The van der Waals surface area contributed by atoms with Crippen molar-refractivity contribution in [3.8, 4) is 16.9 Å². The van der Waals surface area contributed by atoms with Crippen molar-refractivity contribution in [2.75, 3.05) is 0 Å². The molecule has 0 atom stereocenters. The summed E-state index contributed by atoms with van der Waals surface area (Å²) in [4.78, 5) is 12.2. The topological polar surface area (TPSA) is 39.4 Å². The molecule has 29 heavy (non-hydrogen) atoms. The molecule has 4 aromatic rings. The number of hydrogen-bond acceptors (Lipinski definition) is 3. The largest absolute Gasteiger partial charge is 0.488 e. The molecule has 0 bridgehead atoms. The number of rotatable bonds is 6. The Balaban J connectivity index is 1.73. The highest BCUT2D eigenvalue weighted by Crippen LogP contribution is 2.33. The standard InChI is InChI=1S/C26H22O3/c1-3-18-10-12-19(13-11-18)17-28-24-16-25-23(14-20(24)4-2)22(15-26(27)29-25)21-8-6-5-7-9-21/h3,5-16H,1,4,17H2,2H3. The summed E-state index contributed by atoms with van der Waals surface area (Å²) in [6, 6.07) is 23.4. The Labute approximate surface area is 169 Å². The molecule has 4 rings (SSSR count). The van der Waals surface area contributed by atoms with Crippen LogP contribution in [0.3, 0.4) is 0 Å². The first-order valence-electron chi connectivity index (χ1n) is 9.68. The van der Waals surface area contributed by atoms with Gasteiger partial charge in [0.1, 0.15) is 17.9 Å². The molecule has 144 valence electrons. The van der Waals surface area contributed by atoms with Crippen LogP contribution in [0.1, 0.15) is 23.6 Å². The average Bonchev–Trinajstić information content (AvgIpc) is 2.77. The SMILES string of the molecule is C=Cc1ccc(COc2cc3oc(=O)cc(-c4ccccc4)c3cc2CC)cc1. The Morgan fingerprint density at radius 3 is 2.45 bits per heavy atom. The second-order valence-electron chi connectivity index (χ2n) is 6.89. The lowest BCUT2D eigenvalue weighted by Gasteiger charge is -2.13. The van der Waals surface area contributed by atoms with Gasteiger partial charge in [0.15, 0.2) is 0 Å². The van der Waals surface area contributed by atoms with Crippen molar-refractivity contribution in [1.82, 2.24) is 0 Å². The zero-order chi connectivity index (χ0) is 20.2. The van der Waals surface area contributed by atoms with E-state index in [0.29, 0.717) is 12.2 Å². The first-order chi connectivity index (χ1) is 14.2. The molecule has 0 fully saturated rings. The van der Waals surface area contributed by atoms with Gasteiger partial charge in [-0.05, 0) is 40.3 Å². The Kier molecular flexibility index (Phi) is 5.30. The first kappa shape index (κ1) is 18.8. The summed E-state index contributed by atoms with van der Waals surface area (Å²) in [5.74, 6) is 0.737. The van der Waals surface area contributed by atoms with Crippen molar-refractivity contribution in [3.63, 3.8) is 0 Å². The van der Waals surface area contributed by atoms with Crippen LogP contribution in [0.5, 0.6) is 5.75 Å². The van der Waals surface area contributed by atoms with E-state index in [4.69, 9.17) is 9.15 Å². The number of aryl methyl sites for hydroxylation is 1. The molecule has 3 heteroatoms. The van der Waals surface area contributed by atoms with Crippen molar-refractivity contribution in [2.24, 2.45) is 0 Å². The Bertz CT molecular complexity index is 1200. The molecule has 0 aliphatic rings. The van der Waals surface area contributed by atoms with Crippen LogP contribution in [-0.2, 0) is 13.0 Å². The number of fused-ring (bicyclic) bond motifs is 1. The molecule has 3 nitrogen and oxygen atoms in total. The molecule has 0 unspecified atom stereocenters. The van der Waals surface area contributed by atoms with Gasteiger partial charge in [0.05, 0.1) is 0 Å². The van der Waals surface area contributed by atoms with E-state index in [2.05, 4.69) is 19.6 Å². The fourth-order valence-electron chi connectivity index (χ4n) is 3.41. The van der Waals surface area contributed by atoms with Crippen LogP contribution >= 0.6 is 0 Å². The molecule has 0 spiro atoms. The molecule has 0 amide bonds. The van der Waals surface area contributed by atoms with Crippen molar-refractivity contribution in [2.45, 2.75) is 20.0 Å². The lowest BCUT2D eigenvalue weighted by molar-refractivity contribution is 0.303. The van der Waals surface area contributed by atoms with Crippen LogP contribution in [0.2, 0.25) is 0 Å². The predicted molar refractivity (Wildman–Crippen MR) is 118 cm³/mol. The van der Waals surface area contributed by atoms with Gasteiger partial charge in [-0.25, -0.2) is 4.79 Å². The van der Waals surface area contributed by atoms with Gasteiger partial charge in [0.25, 0.3) is 0 Å². The highest BCUT2D eigenvalue weighted by molar-refractivity contribution is 5.94. The molecule has 1 heterocycles. The third-order valence-corrected chi connectivity index (χ3v) is 5.00. The summed E-state index contributed by atoms with van der Waals surface area (Å²) in [7, 11) is 0. The summed E-state index contributed by atoms with van der Waals surface area (Å²) in [5.41, 5.74) is 5.24. The van der Waals surface area contributed by atoms with E-state index in [1.54, 1.807) is 6.07 Å². The third-order valence-electron chi connectivity index (χ3n) is 5.00. The van der Waals surface area contributed by atoms with E-state index >= 15 is 0 Å². The summed E-state index contributed by atoms with van der Waals surface area (Å²) < 4.78 is 11.6. The normalized spacial score (nSPS) is 10.8. The summed E-state index contributed by atoms with van der Waals surface area (Å²) in [6.45, 7) is 6.31. The van der Waals surface area contributed by atoms with Crippen molar-refractivity contribution >= 4 is 17.0 Å². The predicted octanol–water partition coefficient (Wildman–Crippen LogP) is 6.24. The summed E-state index contributed by atoms with van der Waals surface area (Å²) >= 11 is 0. The van der Waals surface area contributed by atoms with Crippen LogP contribution in [0.25, 0.3) is 28.2 Å². The van der Waals surface area contributed by atoms with Gasteiger partial charge >= 0.3 is 5.63 Å². The number of benzene rings is 3. The Hall–Kier alpha value is -3.59. The molecule has 0 saturated carbocycles. The lowest BCUT2D eigenvalue weighted by Crippen LogP contribution is -2.02. The fourth-order valence-corrected chi connectivity index (χ4v) is 3.41. The average molecular weight is 382 g/mol. The minimum atomic E-state index is -0.369. The number of ether oxygens (including phenoxy) is 1. The van der Waals surface area contributed by atoms with E-state index in [-0.39, 0.29) is 5.63 Å². The van der Waals surface area contributed by atoms with Gasteiger partial charge < -0.3 is 9.15 Å². The van der Waals surface area contributed by atoms with E-state index in [1.165, 1.54) is 0 Å². The zero-order valence-corrected chi connectivity index (χ0v) is 16.4. The highest BCUT2D eigenvalue weighted by Gasteiger charge is 2.13. The molecule has 1 aromatic heterocycles. The Morgan fingerprint density at radius 2 is 1.76 bits per heavy atom. The van der Waals surface area contributed by atoms with Crippen molar-refractivity contribution in [1.29, 1.82) is 0 Å². The van der Waals surface area contributed by atoms with Crippen molar-refractivity contribution < 1.29 is 9.15 Å². The second-order valence-corrected chi connectivity index (χ2v) is 6.89. The molecule has 0 aliphatic carbocycles. The molecule has 0 radical (unpaired) electrons. The molecule has 3 aromatic carbocycles. The third kappa shape index (κ3) is 3.99. The van der Waals surface area contributed by atoms with Crippen LogP contribution < -0.4 is 10.4 Å². The maximum Gasteiger partial charge on any atom is 0.336 e. The number of hydrogen-bond donors (Lipinski definition) is 0. The molecule has 0 saturated heterocycles. The van der Waals surface area contributed by atoms with Gasteiger partial charge in [0, 0.05) is 17.5 Å². The molecule has 0 aliphatic heterocycles. The second kappa shape index (κ2) is 8.19. The quantitative estimate of drug-likeness (QED) is 0.370.